The number of aliphatic hydroxyl groups excluding tert-OH is 1. The maximum atomic E-state index is 8.63. The third-order valence-electron chi connectivity index (χ3n) is 1.29. The Morgan fingerprint density at radius 2 is 2.20 bits per heavy atom. The van der Waals surface area contributed by atoms with Crippen molar-refractivity contribution in [1.29, 1.82) is 0 Å². The standard InChI is InChI=1S/C8H8ClO/c1-6-2-3-8(9)7(4-6)5-10/h2-5,10H,1H3. The van der Waals surface area contributed by atoms with Gasteiger partial charge in [-0.2, -0.15) is 0 Å². The second kappa shape index (κ2) is 3.04. The van der Waals surface area contributed by atoms with Gasteiger partial charge in [-0.15, -0.1) is 0 Å². The zero-order valence-electron chi connectivity index (χ0n) is 5.63. The summed E-state index contributed by atoms with van der Waals surface area (Å²) in [5, 5.41) is 9.21. The molecule has 1 aromatic rings. The predicted molar refractivity (Wildman–Crippen MR) is 41.5 cm³/mol. The van der Waals surface area contributed by atoms with Crippen LogP contribution in [0.3, 0.4) is 0 Å². The van der Waals surface area contributed by atoms with E-state index in [1.54, 1.807) is 6.07 Å². The van der Waals surface area contributed by atoms with E-state index in [-0.39, 0.29) is 0 Å². The molecule has 0 spiro atoms. The SMILES string of the molecule is Cc1ccc(Cl)c([CH]O)c1. The van der Waals surface area contributed by atoms with Crippen LogP contribution in [-0.2, 0) is 0 Å². The first-order valence-corrected chi connectivity index (χ1v) is 3.35. The minimum absolute atomic E-state index is 0.577. The molecule has 0 bridgehead atoms. The van der Waals surface area contributed by atoms with Gasteiger partial charge in [0.05, 0.1) is 0 Å². The Bertz CT molecular complexity index is 233. The lowest BCUT2D eigenvalue weighted by Gasteiger charge is -1.99. The molecule has 0 amide bonds. The highest BCUT2D eigenvalue weighted by atomic mass is 35.5. The Hall–Kier alpha value is -0.530. The fourth-order valence-corrected chi connectivity index (χ4v) is 0.928. The number of hydrogen-bond acceptors (Lipinski definition) is 1. The summed E-state index contributed by atoms with van der Waals surface area (Å²) >= 11 is 5.71. The maximum Gasteiger partial charge on any atom is 0.111 e. The molecule has 0 heterocycles. The molecule has 0 atom stereocenters. The van der Waals surface area contributed by atoms with Crippen LogP contribution in [0.1, 0.15) is 11.1 Å². The van der Waals surface area contributed by atoms with Gasteiger partial charge in [0.15, 0.2) is 0 Å². The average Bonchev–Trinajstić information content (AvgIpc) is 1.94. The molecule has 1 nitrogen and oxygen atoms in total. The highest BCUT2D eigenvalue weighted by molar-refractivity contribution is 6.31. The molecule has 1 radical (unpaired) electrons. The van der Waals surface area contributed by atoms with Gasteiger partial charge in [-0.3, -0.25) is 0 Å². The lowest BCUT2D eigenvalue weighted by Crippen LogP contribution is -1.82. The van der Waals surface area contributed by atoms with Crippen molar-refractivity contribution in [1.82, 2.24) is 0 Å². The van der Waals surface area contributed by atoms with Crippen LogP contribution in [-0.4, -0.2) is 5.11 Å². The Morgan fingerprint density at radius 3 is 2.70 bits per heavy atom. The molecular weight excluding hydrogens is 148 g/mol. The second-order valence-corrected chi connectivity index (χ2v) is 2.56. The molecular formula is C8H8ClO. The van der Waals surface area contributed by atoms with Crippen LogP contribution in [0, 0.1) is 13.5 Å². The molecule has 0 fully saturated rings. The minimum Gasteiger partial charge on any atom is -0.385 e. The maximum absolute atomic E-state index is 8.63. The van der Waals surface area contributed by atoms with E-state index in [0.29, 0.717) is 10.6 Å². The number of aliphatic hydroxyl groups is 1. The van der Waals surface area contributed by atoms with Gasteiger partial charge in [0.25, 0.3) is 0 Å². The van der Waals surface area contributed by atoms with Crippen LogP contribution in [0.25, 0.3) is 0 Å². The van der Waals surface area contributed by atoms with Crippen LogP contribution in [0.5, 0.6) is 0 Å². The van der Waals surface area contributed by atoms with Crippen molar-refractivity contribution in [2.24, 2.45) is 0 Å². The molecule has 0 aliphatic carbocycles. The van der Waals surface area contributed by atoms with Gasteiger partial charge in [0, 0.05) is 10.6 Å². The van der Waals surface area contributed by atoms with Crippen LogP contribution in [0.15, 0.2) is 18.2 Å². The summed E-state index contributed by atoms with van der Waals surface area (Å²) in [6.07, 6.45) is 0. The zero-order chi connectivity index (χ0) is 7.56. The lowest BCUT2D eigenvalue weighted by molar-refractivity contribution is 0.415. The molecule has 0 unspecified atom stereocenters. The summed E-state index contributed by atoms with van der Waals surface area (Å²) < 4.78 is 0. The van der Waals surface area contributed by atoms with E-state index >= 15 is 0 Å². The summed E-state index contributed by atoms with van der Waals surface area (Å²) in [5.41, 5.74) is 1.76. The molecule has 0 saturated heterocycles. The fourth-order valence-electron chi connectivity index (χ4n) is 0.762. The first-order valence-electron chi connectivity index (χ1n) is 2.97. The summed E-state index contributed by atoms with van der Waals surface area (Å²) in [4.78, 5) is 0. The van der Waals surface area contributed by atoms with E-state index in [4.69, 9.17) is 16.7 Å². The van der Waals surface area contributed by atoms with Crippen LogP contribution in [0.4, 0.5) is 0 Å². The van der Waals surface area contributed by atoms with E-state index < -0.39 is 0 Å². The van der Waals surface area contributed by atoms with E-state index in [0.717, 1.165) is 12.2 Å². The number of halogens is 1. The first kappa shape index (κ1) is 7.58. The summed E-state index contributed by atoms with van der Waals surface area (Å²) in [6.45, 7) is 2.96. The Labute approximate surface area is 65.3 Å². The smallest absolute Gasteiger partial charge is 0.111 e. The molecule has 2 heteroatoms. The highest BCUT2D eigenvalue weighted by Crippen LogP contribution is 2.17. The predicted octanol–water partition coefficient (Wildman–Crippen LogP) is 2.53. The van der Waals surface area contributed by atoms with E-state index in [9.17, 15) is 0 Å². The third kappa shape index (κ3) is 1.49. The zero-order valence-corrected chi connectivity index (χ0v) is 6.39. The summed E-state index contributed by atoms with van der Waals surface area (Å²) in [7, 11) is 0. The van der Waals surface area contributed by atoms with E-state index in [1.807, 2.05) is 19.1 Å². The number of aryl methyl sites for hydroxylation is 1. The lowest BCUT2D eigenvalue weighted by atomic mass is 10.1. The average molecular weight is 156 g/mol. The topological polar surface area (TPSA) is 20.2 Å². The van der Waals surface area contributed by atoms with Crippen LogP contribution < -0.4 is 0 Å². The van der Waals surface area contributed by atoms with E-state index in [2.05, 4.69) is 0 Å². The van der Waals surface area contributed by atoms with Gasteiger partial charge in [-0.05, 0) is 13.0 Å². The summed E-state index contributed by atoms with van der Waals surface area (Å²) in [6, 6.07) is 5.48. The second-order valence-electron chi connectivity index (χ2n) is 2.15. The molecule has 10 heavy (non-hydrogen) atoms. The van der Waals surface area contributed by atoms with Crippen molar-refractivity contribution >= 4 is 11.6 Å². The largest absolute Gasteiger partial charge is 0.385 e. The number of benzene rings is 1. The molecule has 0 saturated carbocycles. The minimum atomic E-state index is 0.577. The molecule has 1 N–H and O–H groups in total. The molecule has 1 rings (SSSR count). The van der Waals surface area contributed by atoms with Gasteiger partial charge in [-0.25, -0.2) is 0 Å². The van der Waals surface area contributed by atoms with Crippen molar-refractivity contribution < 1.29 is 5.11 Å². The Kier molecular flexibility index (Phi) is 2.30. The van der Waals surface area contributed by atoms with Crippen molar-refractivity contribution in [2.75, 3.05) is 0 Å². The monoisotopic (exact) mass is 155 g/mol. The normalized spacial score (nSPS) is 9.90. The van der Waals surface area contributed by atoms with Gasteiger partial charge < -0.3 is 5.11 Å². The van der Waals surface area contributed by atoms with Crippen LogP contribution in [0.2, 0.25) is 5.02 Å². The molecule has 53 valence electrons. The van der Waals surface area contributed by atoms with Crippen molar-refractivity contribution in [3.8, 4) is 0 Å². The third-order valence-corrected chi connectivity index (χ3v) is 1.63. The Balaban J connectivity index is 3.09. The van der Waals surface area contributed by atoms with Gasteiger partial charge in [0.2, 0.25) is 0 Å². The van der Waals surface area contributed by atoms with Gasteiger partial charge in [0.1, 0.15) is 6.61 Å². The molecule has 1 aromatic carbocycles. The van der Waals surface area contributed by atoms with Gasteiger partial charge in [-0.1, -0.05) is 29.3 Å². The quantitative estimate of drug-likeness (QED) is 0.661. The van der Waals surface area contributed by atoms with E-state index in [1.165, 1.54) is 0 Å². The van der Waals surface area contributed by atoms with Crippen molar-refractivity contribution in [2.45, 2.75) is 6.92 Å². The van der Waals surface area contributed by atoms with Crippen molar-refractivity contribution in [3.05, 3.63) is 41.0 Å². The Morgan fingerprint density at radius 1 is 1.50 bits per heavy atom. The molecule has 0 aliphatic heterocycles. The number of rotatable bonds is 1. The van der Waals surface area contributed by atoms with Crippen LogP contribution >= 0.6 is 11.6 Å². The fraction of sp³-hybridized carbons (Fsp3) is 0.125. The number of hydrogen-bond donors (Lipinski definition) is 1. The van der Waals surface area contributed by atoms with Crippen molar-refractivity contribution in [3.63, 3.8) is 0 Å². The highest BCUT2D eigenvalue weighted by Gasteiger charge is 1.97. The first-order chi connectivity index (χ1) is 4.74. The van der Waals surface area contributed by atoms with Gasteiger partial charge >= 0.3 is 0 Å². The summed E-state index contributed by atoms with van der Waals surface area (Å²) in [5.74, 6) is 0. The molecule has 0 aliphatic rings. The molecule has 0 aromatic heterocycles.